The molecule has 2 aromatic heterocycles. The Hall–Kier alpha value is -2.67. The Morgan fingerprint density at radius 1 is 1.25 bits per heavy atom. The average molecular weight is 341 g/mol. The first-order chi connectivity index (χ1) is 11.5. The van der Waals surface area contributed by atoms with Crippen LogP contribution in [0.15, 0.2) is 53.7 Å². The van der Waals surface area contributed by atoms with Crippen molar-refractivity contribution in [3.05, 3.63) is 65.6 Å². The van der Waals surface area contributed by atoms with E-state index in [2.05, 4.69) is 10.3 Å². The number of aryl methyl sites for hydroxylation is 1. The number of aromatic nitrogens is 2. The minimum Gasteiger partial charge on any atom is -0.343 e. The van der Waals surface area contributed by atoms with Crippen LogP contribution in [0.1, 0.15) is 27.7 Å². The van der Waals surface area contributed by atoms with Gasteiger partial charge in [0.2, 0.25) is 0 Å². The third kappa shape index (κ3) is 2.28. The number of carbonyl (C=O) groups is 1. The summed E-state index contributed by atoms with van der Waals surface area (Å²) in [5.41, 5.74) is 2.69. The molecule has 7 heteroatoms. The standard InChI is InChI=1S/C17H15N3O3S/c1-11-6-7-16-18-8-14(20(16)9-11)17(21)19-13-10-24(22,23)15-5-3-2-4-12(13)15/h2-9,13H,10H2,1H3,(H,19,21)/t13-/m1/s1. The molecule has 0 saturated heterocycles. The van der Waals surface area contributed by atoms with Crippen molar-refractivity contribution in [3.8, 4) is 0 Å². The maximum atomic E-state index is 12.6. The van der Waals surface area contributed by atoms with Crippen LogP contribution in [0.2, 0.25) is 0 Å². The van der Waals surface area contributed by atoms with Crippen LogP contribution in [0.25, 0.3) is 5.65 Å². The summed E-state index contributed by atoms with van der Waals surface area (Å²) in [7, 11) is -3.36. The molecule has 6 nitrogen and oxygen atoms in total. The quantitative estimate of drug-likeness (QED) is 0.772. The smallest absolute Gasteiger partial charge is 0.270 e. The predicted octanol–water partition coefficient (Wildman–Crippen LogP) is 1.90. The summed E-state index contributed by atoms with van der Waals surface area (Å²) in [6.45, 7) is 1.93. The summed E-state index contributed by atoms with van der Waals surface area (Å²) in [5, 5.41) is 2.83. The predicted molar refractivity (Wildman–Crippen MR) is 88.6 cm³/mol. The number of nitrogens with zero attached hydrogens (tertiary/aromatic N) is 2. The Morgan fingerprint density at radius 2 is 2.04 bits per heavy atom. The molecule has 3 aromatic rings. The average Bonchev–Trinajstić information content (AvgIpc) is 3.07. The van der Waals surface area contributed by atoms with Gasteiger partial charge in [-0.3, -0.25) is 9.20 Å². The molecule has 1 atom stereocenters. The molecule has 0 radical (unpaired) electrons. The third-order valence-corrected chi connectivity index (χ3v) is 6.02. The summed E-state index contributed by atoms with van der Waals surface area (Å²) >= 11 is 0. The molecule has 3 heterocycles. The van der Waals surface area contributed by atoms with E-state index in [0.29, 0.717) is 21.8 Å². The summed E-state index contributed by atoms with van der Waals surface area (Å²) in [6.07, 6.45) is 3.33. The van der Waals surface area contributed by atoms with Crippen molar-refractivity contribution in [1.29, 1.82) is 0 Å². The van der Waals surface area contributed by atoms with Crippen molar-refractivity contribution in [1.82, 2.24) is 14.7 Å². The second kappa shape index (κ2) is 5.17. The van der Waals surface area contributed by atoms with Gasteiger partial charge in [0, 0.05) is 6.20 Å². The lowest BCUT2D eigenvalue weighted by Crippen LogP contribution is -2.30. The number of benzene rings is 1. The van der Waals surface area contributed by atoms with E-state index in [1.807, 2.05) is 25.3 Å². The summed E-state index contributed by atoms with van der Waals surface area (Å²) in [6, 6.07) is 9.99. The summed E-state index contributed by atoms with van der Waals surface area (Å²) in [5.74, 6) is -0.460. The van der Waals surface area contributed by atoms with Crippen molar-refractivity contribution in [2.75, 3.05) is 5.75 Å². The fourth-order valence-electron chi connectivity index (χ4n) is 3.06. The van der Waals surface area contributed by atoms with Crippen molar-refractivity contribution < 1.29 is 13.2 Å². The molecule has 0 spiro atoms. The fourth-order valence-corrected chi connectivity index (χ4v) is 4.79. The molecule has 0 saturated carbocycles. The molecule has 0 aliphatic carbocycles. The van der Waals surface area contributed by atoms with Crippen molar-refractivity contribution in [2.45, 2.75) is 17.9 Å². The topological polar surface area (TPSA) is 80.5 Å². The van der Waals surface area contributed by atoms with Gasteiger partial charge in [0.15, 0.2) is 9.84 Å². The maximum absolute atomic E-state index is 12.6. The molecule has 0 bridgehead atoms. The molecule has 1 aliphatic rings. The van der Waals surface area contributed by atoms with Crippen LogP contribution in [0.5, 0.6) is 0 Å². The number of amides is 1. The minimum absolute atomic E-state index is 0.117. The van der Waals surface area contributed by atoms with E-state index in [4.69, 9.17) is 0 Å². The first-order valence-electron chi connectivity index (χ1n) is 7.52. The maximum Gasteiger partial charge on any atom is 0.270 e. The SMILES string of the molecule is Cc1ccc2ncc(C(=O)N[C@@H]3CS(=O)(=O)c4ccccc43)n2c1. The summed E-state index contributed by atoms with van der Waals surface area (Å²) in [4.78, 5) is 17.1. The number of nitrogens with one attached hydrogen (secondary N) is 1. The molecule has 1 N–H and O–H groups in total. The zero-order valence-corrected chi connectivity index (χ0v) is 13.7. The Kier molecular flexibility index (Phi) is 3.21. The fraction of sp³-hybridized carbons (Fsp3) is 0.176. The normalized spacial score (nSPS) is 18.5. The van der Waals surface area contributed by atoms with Crippen molar-refractivity contribution in [3.63, 3.8) is 0 Å². The van der Waals surface area contributed by atoms with E-state index in [1.54, 1.807) is 28.7 Å². The number of carbonyl (C=O) groups excluding carboxylic acids is 1. The second-order valence-electron chi connectivity index (χ2n) is 5.92. The highest BCUT2D eigenvalue weighted by Gasteiger charge is 2.35. The van der Waals surface area contributed by atoms with Crippen molar-refractivity contribution >= 4 is 21.4 Å². The zero-order valence-electron chi connectivity index (χ0n) is 12.9. The Balaban J connectivity index is 1.69. The third-order valence-electron chi connectivity index (χ3n) is 4.21. The monoisotopic (exact) mass is 341 g/mol. The Morgan fingerprint density at radius 3 is 2.88 bits per heavy atom. The molecule has 1 aliphatic heterocycles. The molecule has 1 aromatic carbocycles. The highest BCUT2D eigenvalue weighted by Crippen LogP contribution is 2.33. The van der Waals surface area contributed by atoms with Gasteiger partial charge in [-0.1, -0.05) is 24.3 Å². The van der Waals surface area contributed by atoms with Gasteiger partial charge in [-0.2, -0.15) is 0 Å². The highest BCUT2D eigenvalue weighted by atomic mass is 32.2. The van der Waals surface area contributed by atoms with Crippen LogP contribution in [0, 0.1) is 6.92 Å². The molecular weight excluding hydrogens is 326 g/mol. The second-order valence-corrected chi connectivity index (χ2v) is 7.93. The largest absolute Gasteiger partial charge is 0.343 e. The van der Waals surface area contributed by atoms with E-state index in [0.717, 1.165) is 5.56 Å². The molecular formula is C17H15N3O3S. The molecule has 122 valence electrons. The van der Waals surface area contributed by atoms with Crippen LogP contribution >= 0.6 is 0 Å². The Bertz CT molecular complexity index is 1070. The number of sulfone groups is 1. The lowest BCUT2D eigenvalue weighted by Gasteiger charge is -2.12. The molecule has 24 heavy (non-hydrogen) atoms. The molecule has 0 unspecified atom stereocenters. The minimum atomic E-state index is -3.36. The van der Waals surface area contributed by atoms with E-state index in [-0.39, 0.29) is 11.7 Å². The van der Waals surface area contributed by atoms with E-state index >= 15 is 0 Å². The van der Waals surface area contributed by atoms with Crippen LogP contribution in [-0.2, 0) is 9.84 Å². The van der Waals surface area contributed by atoms with Crippen LogP contribution in [0.3, 0.4) is 0 Å². The molecule has 0 fully saturated rings. The number of pyridine rings is 1. The van der Waals surface area contributed by atoms with Gasteiger partial charge in [-0.15, -0.1) is 0 Å². The van der Waals surface area contributed by atoms with E-state index < -0.39 is 15.9 Å². The van der Waals surface area contributed by atoms with Crippen LogP contribution in [-0.4, -0.2) is 29.5 Å². The lowest BCUT2D eigenvalue weighted by molar-refractivity contribution is 0.0935. The van der Waals surface area contributed by atoms with Gasteiger partial charge in [-0.25, -0.2) is 13.4 Å². The van der Waals surface area contributed by atoms with Gasteiger partial charge in [0.05, 0.1) is 22.9 Å². The first kappa shape index (κ1) is 14.9. The van der Waals surface area contributed by atoms with Crippen LogP contribution < -0.4 is 5.32 Å². The van der Waals surface area contributed by atoms with Crippen LogP contribution in [0.4, 0.5) is 0 Å². The highest BCUT2D eigenvalue weighted by molar-refractivity contribution is 7.91. The number of hydrogen-bond donors (Lipinski definition) is 1. The van der Waals surface area contributed by atoms with Gasteiger partial charge in [-0.05, 0) is 30.2 Å². The number of imidazole rings is 1. The van der Waals surface area contributed by atoms with E-state index in [1.165, 1.54) is 6.20 Å². The molecule has 4 rings (SSSR count). The van der Waals surface area contributed by atoms with Gasteiger partial charge >= 0.3 is 0 Å². The van der Waals surface area contributed by atoms with Gasteiger partial charge in [0.25, 0.3) is 5.91 Å². The number of fused-ring (bicyclic) bond motifs is 2. The zero-order chi connectivity index (χ0) is 16.9. The van der Waals surface area contributed by atoms with E-state index in [9.17, 15) is 13.2 Å². The molecule has 1 amide bonds. The van der Waals surface area contributed by atoms with Crippen molar-refractivity contribution in [2.24, 2.45) is 0 Å². The first-order valence-corrected chi connectivity index (χ1v) is 9.17. The van der Waals surface area contributed by atoms with Gasteiger partial charge < -0.3 is 5.32 Å². The number of rotatable bonds is 2. The number of hydrogen-bond acceptors (Lipinski definition) is 4. The lowest BCUT2D eigenvalue weighted by atomic mass is 10.1. The Labute approximate surface area is 139 Å². The van der Waals surface area contributed by atoms with Gasteiger partial charge in [0.1, 0.15) is 11.3 Å². The summed E-state index contributed by atoms with van der Waals surface area (Å²) < 4.78 is 26.1.